The minimum Gasteiger partial charge on any atom is -0.325 e. The maximum atomic E-state index is 5.62. The number of hydrogen-bond acceptors (Lipinski definition) is 4. The predicted molar refractivity (Wildman–Crippen MR) is 53.4 cm³/mol. The van der Waals surface area contributed by atoms with E-state index in [-0.39, 0.29) is 0 Å². The average Bonchev–Trinajstić information content (AvgIpc) is 2.03. The number of nitrogens with zero attached hydrogens (tertiary/aromatic N) is 2. The fourth-order valence-corrected chi connectivity index (χ4v) is 1.33. The van der Waals surface area contributed by atoms with Crippen LogP contribution < -0.4 is 0 Å². The summed E-state index contributed by atoms with van der Waals surface area (Å²) >= 11 is 0. The monoisotopic (exact) mass is 190 g/mol. The van der Waals surface area contributed by atoms with E-state index in [1.807, 2.05) is 51.8 Å². The first kappa shape index (κ1) is 12.8. The van der Waals surface area contributed by atoms with Crippen molar-refractivity contribution in [3.63, 3.8) is 0 Å². The van der Waals surface area contributed by atoms with Crippen LogP contribution in [-0.2, 0) is 9.47 Å². The summed E-state index contributed by atoms with van der Waals surface area (Å²) in [6, 6.07) is -0.733. The fraction of sp³-hybridized carbons (Fsp3) is 1.00. The van der Waals surface area contributed by atoms with Crippen LogP contribution in [-0.4, -0.2) is 57.2 Å². The van der Waals surface area contributed by atoms with Crippen molar-refractivity contribution in [2.75, 3.05) is 41.4 Å². The molecule has 0 aromatic carbocycles. The molecule has 4 nitrogen and oxygen atoms in total. The van der Waals surface area contributed by atoms with E-state index in [0.717, 1.165) is 0 Å². The largest absolute Gasteiger partial charge is 0.325 e. The topological polar surface area (TPSA) is 24.9 Å². The molecule has 0 aliphatic rings. The third-order valence-corrected chi connectivity index (χ3v) is 1.80. The van der Waals surface area contributed by atoms with Crippen molar-refractivity contribution in [1.29, 1.82) is 0 Å². The van der Waals surface area contributed by atoms with Gasteiger partial charge in [-0.25, -0.2) is 9.80 Å². The molecule has 0 atom stereocenters. The van der Waals surface area contributed by atoms with E-state index >= 15 is 0 Å². The molecule has 0 amide bonds. The Morgan fingerprint density at radius 2 is 1.15 bits per heavy atom. The summed E-state index contributed by atoms with van der Waals surface area (Å²) in [5.41, 5.74) is 0. The lowest BCUT2D eigenvalue weighted by atomic mass is 10.6. The highest BCUT2D eigenvalue weighted by Gasteiger charge is 2.37. The zero-order chi connectivity index (χ0) is 10.5. The van der Waals surface area contributed by atoms with Crippen molar-refractivity contribution in [2.24, 2.45) is 0 Å². The van der Waals surface area contributed by atoms with E-state index in [2.05, 4.69) is 0 Å². The van der Waals surface area contributed by atoms with Gasteiger partial charge in [0.1, 0.15) is 0 Å². The first-order valence-electron chi connectivity index (χ1n) is 4.64. The van der Waals surface area contributed by atoms with Crippen molar-refractivity contribution in [1.82, 2.24) is 9.80 Å². The molecule has 4 heteroatoms. The minimum absolute atomic E-state index is 0.621. The molecule has 0 saturated carbocycles. The van der Waals surface area contributed by atoms with Crippen LogP contribution in [0.3, 0.4) is 0 Å². The highest BCUT2D eigenvalue weighted by molar-refractivity contribution is 4.62. The summed E-state index contributed by atoms with van der Waals surface area (Å²) in [7, 11) is 7.74. The van der Waals surface area contributed by atoms with Crippen molar-refractivity contribution >= 4 is 0 Å². The van der Waals surface area contributed by atoms with Crippen LogP contribution in [0.4, 0.5) is 0 Å². The van der Waals surface area contributed by atoms with Gasteiger partial charge in [0.2, 0.25) is 0 Å². The van der Waals surface area contributed by atoms with Crippen molar-refractivity contribution in [2.45, 2.75) is 19.9 Å². The van der Waals surface area contributed by atoms with Gasteiger partial charge in [0, 0.05) is 13.2 Å². The van der Waals surface area contributed by atoms with Crippen LogP contribution in [0.25, 0.3) is 0 Å². The summed E-state index contributed by atoms with van der Waals surface area (Å²) in [6.45, 7) is 5.16. The Bertz CT molecular complexity index is 122. The average molecular weight is 190 g/mol. The molecule has 0 N–H and O–H groups in total. The van der Waals surface area contributed by atoms with Crippen LogP contribution in [0, 0.1) is 0 Å². The van der Waals surface area contributed by atoms with Crippen molar-refractivity contribution in [3.8, 4) is 0 Å². The smallest absolute Gasteiger partial charge is 0.296 e. The number of rotatable bonds is 6. The molecule has 0 rings (SSSR count). The third kappa shape index (κ3) is 2.91. The minimum atomic E-state index is -0.733. The molecule has 0 heterocycles. The Balaban J connectivity index is 4.59. The molecule has 0 aliphatic heterocycles. The lowest BCUT2D eigenvalue weighted by Crippen LogP contribution is -2.59. The Morgan fingerprint density at radius 1 is 0.846 bits per heavy atom. The van der Waals surface area contributed by atoms with Gasteiger partial charge in [-0.05, 0) is 42.0 Å². The molecule has 0 fully saturated rings. The summed E-state index contributed by atoms with van der Waals surface area (Å²) in [4.78, 5) is 3.83. The standard InChI is InChI=1S/C9H22N2O2/c1-7-12-9(10(3)4,11(5)6)13-8-2/h7-8H2,1-6H3. The van der Waals surface area contributed by atoms with Gasteiger partial charge in [-0.1, -0.05) is 0 Å². The second-order valence-corrected chi connectivity index (χ2v) is 3.20. The fourth-order valence-electron chi connectivity index (χ4n) is 1.33. The van der Waals surface area contributed by atoms with Crippen LogP contribution in [0.1, 0.15) is 13.8 Å². The molecule has 0 bridgehead atoms. The number of hydrogen-bond donors (Lipinski definition) is 0. The summed E-state index contributed by atoms with van der Waals surface area (Å²) in [5.74, 6) is 0. The molecule has 0 saturated heterocycles. The van der Waals surface area contributed by atoms with Gasteiger partial charge >= 0.3 is 0 Å². The predicted octanol–water partition coefficient (Wildman–Crippen LogP) is 0.794. The molecule has 0 aromatic heterocycles. The van der Waals surface area contributed by atoms with Crippen LogP contribution in [0.15, 0.2) is 0 Å². The van der Waals surface area contributed by atoms with Gasteiger partial charge < -0.3 is 9.47 Å². The maximum Gasteiger partial charge on any atom is 0.296 e. The van der Waals surface area contributed by atoms with E-state index in [1.165, 1.54) is 0 Å². The van der Waals surface area contributed by atoms with Crippen molar-refractivity contribution in [3.05, 3.63) is 0 Å². The van der Waals surface area contributed by atoms with Gasteiger partial charge in [-0.15, -0.1) is 0 Å². The van der Waals surface area contributed by atoms with Crippen LogP contribution in [0.5, 0.6) is 0 Å². The van der Waals surface area contributed by atoms with Gasteiger partial charge in [0.05, 0.1) is 0 Å². The maximum absolute atomic E-state index is 5.62. The van der Waals surface area contributed by atoms with Crippen LogP contribution >= 0.6 is 0 Å². The zero-order valence-electron chi connectivity index (χ0n) is 9.63. The van der Waals surface area contributed by atoms with Gasteiger partial charge in [0.15, 0.2) is 0 Å². The van der Waals surface area contributed by atoms with E-state index in [0.29, 0.717) is 13.2 Å². The molecular formula is C9H22N2O2. The summed E-state index contributed by atoms with van der Waals surface area (Å²) < 4.78 is 11.2. The molecule has 80 valence electrons. The highest BCUT2D eigenvalue weighted by atomic mass is 16.7. The molecule has 0 aliphatic carbocycles. The Morgan fingerprint density at radius 3 is 1.31 bits per heavy atom. The first-order valence-corrected chi connectivity index (χ1v) is 4.64. The summed E-state index contributed by atoms with van der Waals surface area (Å²) in [6.07, 6.45) is 0. The van der Waals surface area contributed by atoms with Gasteiger partial charge in [-0.3, -0.25) is 0 Å². The van der Waals surface area contributed by atoms with E-state index in [4.69, 9.17) is 9.47 Å². The molecule has 13 heavy (non-hydrogen) atoms. The van der Waals surface area contributed by atoms with E-state index in [9.17, 15) is 0 Å². The first-order chi connectivity index (χ1) is 6.01. The van der Waals surface area contributed by atoms with E-state index < -0.39 is 6.03 Å². The molecular weight excluding hydrogens is 168 g/mol. The Kier molecular flexibility index (Phi) is 5.48. The number of ether oxygens (including phenoxy) is 2. The SMILES string of the molecule is CCOC(OCC)(N(C)C)N(C)C. The summed E-state index contributed by atoms with van der Waals surface area (Å²) in [5, 5.41) is 0. The van der Waals surface area contributed by atoms with Gasteiger partial charge in [0.25, 0.3) is 6.03 Å². The molecule has 0 radical (unpaired) electrons. The lowest BCUT2D eigenvalue weighted by molar-refractivity contribution is -0.369. The highest BCUT2D eigenvalue weighted by Crippen LogP contribution is 2.18. The molecule has 0 aromatic rings. The van der Waals surface area contributed by atoms with Gasteiger partial charge in [-0.2, -0.15) is 0 Å². The lowest BCUT2D eigenvalue weighted by Gasteiger charge is -2.42. The Labute approximate surface area is 81.4 Å². The second kappa shape index (κ2) is 5.54. The second-order valence-electron chi connectivity index (χ2n) is 3.20. The molecule has 0 unspecified atom stereocenters. The normalized spacial score (nSPS) is 12.9. The third-order valence-electron chi connectivity index (χ3n) is 1.80. The Hall–Kier alpha value is -0.160. The zero-order valence-corrected chi connectivity index (χ0v) is 9.63. The van der Waals surface area contributed by atoms with Crippen LogP contribution in [0.2, 0.25) is 0 Å². The van der Waals surface area contributed by atoms with E-state index in [1.54, 1.807) is 0 Å². The quantitative estimate of drug-likeness (QED) is 0.578. The molecule has 0 spiro atoms. The van der Waals surface area contributed by atoms with Crippen molar-refractivity contribution < 1.29 is 9.47 Å².